The molecular weight excluding hydrogens is 446 g/mol. The van der Waals surface area contributed by atoms with E-state index in [1.54, 1.807) is 16.7 Å². The van der Waals surface area contributed by atoms with Crippen molar-refractivity contribution >= 4 is 38.1 Å². The second-order valence-corrected chi connectivity index (χ2v) is 8.61. The van der Waals surface area contributed by atoms with Crippen LogP contribution in [0, 0.1) is 10.1 Å². The Bertz CT molecular complexity index is 1360. The van der Waals surface area contributed by atoms with E-state index < -0.39 is 11.0 Å². The number of nitro groups is 1. The average molecular weight is 464 g/mol. The molecule has 0 atom stereocenters. The molecule has 160 valence electrons. The normalized spacial score (nSPS) is 12.0. The highest BCUT2D eigenvalue weighted by Crippen LogP contribution is 2.18. The van der Waals surface area contributed by atoms with Gasteiger partial charge in [-0.05, 0) is 50.5 Å². The highest BCUT2D eigenvalue weighted by atomic mass is 32.9. The van der Waals surface area contributed by atoms with E-state index in [-0.39, 0.29) is 5.69 Å². The third-order valence-corrected chi connectivity index (χ3v) is 6.43. The lowest BCUT2D eigenvalue weighted by atomic mass is 10.2. The fraction of sp³-hybridized carbons (Fsp3) is 0.0455. The molecule has 10 heteroatoms. The number of amides is 2. The van der Waals surface area contributed by atoms with Crippen molar-refractivity contribution in [3.05, 3.63) is 110 Å². The first-order valence-corrected chi connectivity index (χ1v) is 11.7. The van der Waals surface area contributed by atoms with Gasteiger partial charge in [-0.2, -0.15) is 4.99 Å². The minimum atomic E-state index is -0.452. The molecule has 32 heavy (non-hydrogen) atoms. The summed E-state index contributed by atoms with van der Waals surface area (Å²) in [5, 5.41) is 13.7. The first kappa shape index (κ1) is 21.3. The molecule has 0 aliphatic heterocycles. The summed E-state index contributed by atoms with van der Waals surface area (Å²) >= 11 is 0. The lowest BCUT2D eigenvalue weighted by Crippen LogP contribution is -2.28. The summed E-state index contributed by atoms with van der Waals surface area (Å²) < 4.78 is 1.79. The SMILES string of the molecule is O=C(N=c1ssc(=Nc2ccc([N+](=O)[O-])cc2)n1-c1ccccc1)NCc1ccccc1. The predicted octanol–water partition coefficient (Wildman–Crippen LogP) is 4.55. The zero-order chi connectivity index (χ0) is 22.3. The van der Waals surface area contributed by atoms with Crippen molar-refractivity contribution in [1.29, 1.82) is 0 Å². The molecule has 0 bridgehead atoms. The molecule has 2 amide bonds. The Kier molecular flexibility index (Phi) is 6.63. The van der Waals surface area contributed by atoms with Gasteiger partial charge in [-0.15, -0.1) is 0 Å². The van der Waals surface area contributed by atoms with Gasteiger partial charge in [0, 0.05) is 18.7 Å². The van der Waals surface area contributed by atoms with Gasteiger partial charge in [-0.25, -0.2) is 9.79 Å². The maximum absolute atomic E-state index is 12.5. The van der Waals surface area contributed by atoms with Crippen molar-refractivity contribution in [2.45, 2.75) is 6.54 Å². The van der Waals surface area contributed by atoms with E-state index in [1.165, 1.54) is 32.8 Å². The van der Waals surface area contributed by atoms with Gasteiger partial charge in [0.2, 0.25) is 9.60 Å². The summed E-state index contributed by atoms with van der Waals surface area (Å²) in [6.45, 7) is 0.378. The molecule has 0 saturated carbocycles. The monoisotopic (exact) mass is 463 g/mol. The van der Waals surface area contributed by atoms with Crippen LogP contribution in [0.2, 0.25) is 0 Å². The zero-order valence-electron chi connectivity index (χ0n) is 16.6. The van der Waals surface area contributed by atoms with Crippen LogP contribution in [0.15, 0.2) is 94.9 Å². The number of hydrogen-bond acceptors (Lipinski definition) is 6. The Morgan fingerprint density at radius 1 is 0.906 bits per heavy atom. The third-order valence-electron chi connectivity index (χ3n) is 4.36. The van der Waals surface area contributed by atoms with Crippen molar-refractivity contribution in [3.63, 3.8) is 0 Å². The molecule has 0 aliphatic rings. The zero-order valence-corrected chi connectivity index (χ0v) is 18.3. The number of non-ortho nitro benzene ring substituents is 1. The lowest BCUT2D eigenvalue weighted by molar-refractivity contribution is -0.384. The number of carbonyl (C=O) groups excluding carboxylic acids is 1. The lowest BCUT2D eigenvalue weighted by Gasteiger charge is -2.03. The fourth-order valence-electron chi connectivity index (χ4n) is 2.83. The molecule has 0 saturated heterocycles. The number of aromatic nitrogens is 1. The van der Waals surface area contributed by atoms with Crippen molar-refractivity contribution in [2.75, 3.05) is 0 Å². The van der Waals surface area contributed by atoms with Crippen LogP contribution in [0.5, 0.6) is 0 Å². The Balaban J connectivity index is 1.70. The van der Waals surface area contributed by atoms with Gasteiger partial charge >= 0.3 is 6.03 Å². The largest absolute Gasteiger partial charge is 0.343 e. The molecule has 1 N–H and O–H groups in total. The van der Waals surface area contributed by atoms with Gasteiger partial charge in [0.05, 0.1) is 16.3 Å². The Morgan fingerprint density at radius 3 is 2.19 bits per heavy atom. The molecule has 1 heterocycles. The summed E-state index contributed by atoms with van der Waals surface area (Å²) in [5.41, 5.74) is 2.35. The standard InChI is InChI=1S/C22H17N5O3S2/c28-20(23-15-16-7-3-1-4-8-16)25-22-26(18-9-5-2-6-10-18)21(31-32-22)24-17-11-13-19(14-12-17)27(29)30/h1-14H,15H2,(H,23,28). The first-order valence-electron chi connectivity index (χ1n) is 9.53. The highest BCUT2D eigenvalue weighted by molar-refractivity contribution is 7.67. The number of urea groups is 1. The highest BCUT2D eigenvalue weighted by Gasteiger charge is 2.08. The summed E-state index contributed by atoms with van der Waals surface area (Å²) in [7, 11) is 2.69. The molecule has 4 aromatic rings. The molecule has 1 aromatic heterocycles. The third kappa shape index (κ3) is 5.23. The molecular formula is C22H17N5O3S2. The maximum Gasteiger partial charge on any atom is 0.343 e. The van der Waals surface area contributed by atoms with Gasteiger partial charge in [0.25, 0.3) is 5.69 Å². The van der Waals surface area contributed by atoms with E-state index in [2.05, 4.69) is 15.3 Å². The van der Waals surface area contributed by atoms with E-state index in [1.807, 2.05) is 60.7 Å². The van der Waals surface area contributed by atoms with Crippen molar-refractivity contribution in [1.82, 2.24) is 9.88 Å². The Morgan fingerprint density at radius 2 is 1.53 bits per heavy atom. The summed E-state index contributed by atoms with van der Waals surface area (Å²) in [5.74, 6) is 0. The first-order chi connectivity index (χ1) is 15.6. The number of hydrogen-bond donors (Lipinski definition) is 1. The summed E-state index contributed by atoms with van der Waals surface area (Å²) in [4.78, 5) is 32.8. The number of nitrogens with one attached hydrogen (secondary N) is 1. The van der Waals surface area contributed by atoms with Crippen LogP contribution in [-0.2, 0) is 6.54 Å². The minimum absolute atomic E-state index is 0.000320. The smallest absolute Gasteiger partial charge is 0.332 e. The van der Waals surface area contributed by atoms with Crippen molar-refractivity contribution in [2.24, 2.45) is 9.98 Å². The van der Waals surface area contributed by atoms with Crippen LogP contribution < -0.4 is 14.9 Å². The fourth-order valence-corrected chi connectivity index (χ4v) is 4.95. The van der Waals surface area contributed by atoms with Crippen LogP contribution in [0.1, 0.15) is 5.56 Å². The van der Waals surface area contributed by atoms with Crippen LogP contribution in [0.25, 0.3) is 5.69 Å². The molecule has 8 nitrogen and oxygen atoms in total. The van der Waals surface area contributed by atoms with E-state index >= 15 is 0 Å². The summed E-state index contributed by atoms with van der Waals surface area (Å²) in [6, 6.07) is 24.6. The molecule has 0 fully saturated rings. The minimum Gasteiger partial charge on any atom is -0.332 e. The topological polar surface area (TPSA) is 102 Å². The van der Waals surface area contributed by atoms with E-state index in [4.69, 9.17) is 0 Å². The van der Waals surface area contributed by atoms with Crippen molar-refractivity contribution < 1.29 is 9.72 Å². The van der Waals surface area contributed by atoms with Gasteiger partial charge in [0.1, 0.15) is 0 Å². The van der Waals surface area contributed by atoms with Crippen LogP contribution in [-0.4, -0.2) is 15.5 Å². The van der Waals surface area contributed by atoms with Gasteiger partial charge in [-0.3, -0.25) is 14.7 Å². The van der Waals surface area contributed by atoms with E-state index in [9.17, 15) is 14.9 Å². The van der Waals surface area contributed by atoms with Crippen LogP contribution >= 0.6 is 20.7 Å². The van der Waals surface area contributed by atoms with Gasteiger partial charge < -0.3 is 5.32 Å². The molecule has 0 spiro atoms. The summed E-state index contributed by atoms with van der Waals surface area (Å²) in [6.07, 6.45) is 0. The Labute approximate surface area is 190 Å². The molecule has 0 radical (unpaired) electrons. The molecule has 4 rings (SSSR count). The number of para-hydroxylation sites is 1. The second-order valence-electron chi connectivity index (χ2n) is 6.54. The Hall–Kier alpha value is -3.89. The van der Waals surface area contributed by atoms with Crippen LogP contribution in [0.4, 0.5) is 16.2 Å². The maximum atomic E-state index is 12.5. The molecule has 3 aromatic carbocycles. The van der Waals surface area contributed by atoms with Gasteiger partial charge in [0.15, 0.2) is 0 Å². The van der Waals surface area contributed by atoms with Crippen LogP contribution in [0.3, 0.4) is 0 Å². The number of carbonyl (C=O) groups is 1. The number of rotatable bonds is 5. The van der Waals surface area contributed by atoms with E-state index in [0.29, 0.717) is 21.8 Å². The molecule has 0 unspecified atom stereocenters. The quantitative estimate of drug-likeness (QED) is 0.267. The predicted molar refractivity (Wildman–Crippen MR) is 124 cm³/mol. The second kappa shape index (κ2) is 9.94. The van der Waals surface area contributed by atoms with Crippen molar-refractivity contribution in [3.8, 4) is 5.69 Å². The average Bonchev–Trinajstić information content (AvgIpc) is 3.21. The van der Waals surface area contributed by atoms with Gasteiger partial charge in [-0.1, -0.05) is 48.5 Å². The number of benzene rings is 3. The number of nitro benzene ring substituents is 1. The van der Waals surface area contributed by atoms with E-state index in [0.717, 1.165) is 11.3 Å². The number of nitrogens with zero attached hydrogens (tertiary/aromatic N) is 4. The molecule has 0 aliphatic carbocycles.